The largest absolute Gasteiger partial charge is 0.508 e. The van der Waals surface area contributed by atoms with E-state index in [0.29, 0.717) is 27.5 Å². The number of carbonyl (C=O) groups excluding carboxylic acids is 1. The van der Waals surface area contributed by atoms with Crippen molar-refractivity contribution in [3.05, 3.63) is 76.5 Å². The van der Waals surface area contributed by atoms with Gasteiger partial charge in [-0.1, -0.05) is 12.1 Å². The first-order valence-electron chi connectivity index (χ1n) is 8.59. The normalized spacial score (nSPS) is 16.3. The summed E-state index contributed by atoms with van der Waals surface area (Å²) in [6.45, 7) is 1.73. The summed E-state index contributed by atoms with van der Waals surface area (Å²) >= 11 is 5.20. The van der Waals surface area contributed by atoms with E-state index in [9.17, 15) is 14.7 Å². The third-order valence-electron chi connectivity index (χ3n) is 4.28. The zero-order valence-electron chi connectivity index (χ0n) is 15.3. The summed E-state index contributed by atoms with van der Waals surface area (Å²) < 4.78 is 0. The molecule has 0 aliphatic carbocycles. The number of nitrogens with one attached hydrogen (secondary N) is 3. The molecule has 29 heavy (non-hydrogen) atoms. The highest BCUT2D eigenvalue weighted by atomic mass is 32.1. The highest BCUT2D eigenvalue weighted by Crippen LogP contribution is 2.27. The maximum Gasteiger partial charge on any atom is 0.335 e. The summed E-state index contributed by atoms with van der Waals surface area (Å²) in [5.74, 6) is -1.33. The Bertz CT molecular complexity index is 1010. The lowest BCUT2D eigenvalue weighted by atomic mass is 9.94. The summed E-state index contributed by atoms with van der Waals surface area (Å²) in [6, 6.07) is 12.0. The molecule has 0 saturated carbocycles. The molecule has 3 rings (SSSR count). The van der Waals surface area contributed by atoms with E-state index >= 15 is 0 Å². The summed E-state index contributed by atoms with van der Waals surface area (Å²) in [5.41, 5.74) is 4.97. The van der Waals surface area contributed by atoms with Gasteiger partial charge in [-0.3, -0.25) is 4.79 Å². The van der Waals surface area contributed by atoms with Gasteiger partial charge in [0.15, 0.2) is 5.11 Å². The fourth-order valence-corrected chi connectivity index (χ4v) is 3.12. The Morgan fingerprint density at radius 2 is 1.79 bits per heavy atom. The second-order valence-electron chi connectivity index (χ2n) is 6.29. The Morgan fingerprint density at radius 3 is 2.41 bits per heavy atom. The first-order chi connectivity index (χ1) is 13.8. The van der Waals surface area contributed by atoms with Crippen molar-refractivity contribution in [3.8, 4) is 5.75 Å². The van der Waals surface area contributed by atoms with Crippen LogP contribution in [0.4, 0.5) is 0 Å². The minimum absolute atomic E-state index is 0.138. The SMILES string of the molecule is CC1=C(C(=O)NN=Cc2ccc(O)cc2)C(c2ccc(C(=O)O)cc2)NC(=S)N1. The number of phenolic OH excluding ortho intramolecular Hbond substituents is 1. The average molecular weight is 410 g/mol. The number of benzene rings is 2. The number of hydrogen-bond donors (Lipinski definition) is 5. The van der Waals surface area contributed by atoms with Crippen molar-refractivity contribution >= 4 is 35.4 Å². The van der Waals surface area contributed by atoms with Crippen molar-refractivity contribution in [2.45, 2.75) is 13.0 Å². The number of rotatable bonds is 5. The number of carboxylic acid groups (broad SMARTS) is 1. The van der Waals surface area contributed by atoms with Crippen LogP contribution >= 0.6 is 12.2 Å². The molecule has 2 aromatic carbocycles. The van der Waals surface area contributed by atoms with Crippen LogP contribution < -0.4 is 16.1 Å². The minimum atomic E-state index is -1.03. The van der Waals surface area contributed by atoms with E-state index in [2.05, 4.69) is 21.2 Å². The molecule has 2 aromatic rings. The zero-order chi connectivity index (χ0) is 21.0. The predicted molar refractivity (Wildman–Crippen MR) is 112 cm³/mol. The van der Waals surface area contributed by atoms with Crippen LogP contribution in [0.3, 0.4) is 0 Å². The molecule has 0 fully saturated rings. The number of nitrogens with zero attached hydrogens (tertiary/aromatic N) is 1. The second-order valence-corrected chi connectivity index (χ2v) is 6.70. The molecule has 0 saturated heterocycles. The van der Waals surface area contributed by atoms with Crippen LogP contribution in [-0.4, -0.2) is 33.4 Å². The standard InChI is InChI=1S/C20H18N4O4S/c1-11-16(18(26)24-21-10-12-2-8-15(25)9-3-12)17(23-20(29)22-11)13-4-6-14(7-5-13)19(27)28/h2-10,17,25H,1H3,(H,24,26)(H,27,28)(H2,22,23,29). The lowest BCUT2D eigenvalue weighted by Gasteiger charge is -2.30. The van der Waals surface area contributed by atoms with Crippen LogP contribution in [0.5, 0.6) is 5.75 Å². The van der Waals surface area contributed by atoms with E-state index in [0.717, 1.165) is 0 Å². The van der Waals surface area contributed by atoms with Gasteiger partial charge in [0, 0.05) is 5.70 Å². The summed E-state index contributed by atoms with van der Waals surface area (Å²) in [4.78, 5) is 23.8. The highest BCUT2D eigenvalue weighted by molar-refractivity contribution is 7.80. The Kier molecular flexibility index (Phi) is 5.89. The Balaban J connectivity index is 1.82. The van der Waals surface area contributed by atoms with E-state index in [4.69, 9.17) is 17.3 Å². The number of carbonyl (C=O) groups is 2. The predicted octanol–water partition coefficient (Wildman–Crippen LogP) is 2.03. The summed E-state index contributed by atoms with van der Waals surface area (Å²) in [6.07, 6.45) is 1.46. The maximum atomic E-state index is 12.8. The first-order valence-corrected chi connectivity index (χ1v) is 9.00. The van der Waals surface area contributed by atoms with Gasteiger partial charge in [0.25, 0.3) is 5.91 Å². The van der Waals surface area contributed by atoms with Gasteiger partial charge >= 0.3 is 5.97 Å². The van der Waals surface area contributed by atoms with E-state index in [-0.39, 0.29) is 11.3 Å². The molecule has 1 unspecified atom stereocenters. The Morgan fingerprint density at radius 1 is 1.14 bits per heavy atom. The van der Waals surface area contributed by atoms with Crippen LogP contribution in [0, 0.1) is 0 Å². The molecular formula is C20H18N4O4S. The van der Waals surface area contributed by atoms with Gasteiger partial charge in [-0.2, -0.15) is 5.10 Å². The molecule has 148 valence electrons. The van der Waals surface area contributed by atoms with Crippen LogP contribution in [0.1, 0.15) is 34.5 Å². The van der Waals surface area contributed by atoms with Crippen LogP contribution in [0.2, 0.25) is 0 Å². The smallest absolute Gasteiger partial charge is 0.335 e. The van der Waals surface area contributed by atoms with Crippen molar-refractivity contribution in [1.29, 1.82) is 0 Å². The van der Waals surface area contributed by atoms with Crippen molar-refractivity contribution in [1.82, 2.24) is 16.1 Å². The minimum Gasteiger partial charge on any atom is -0.508 e. The Labute approximate surface area is 171 Å². The molecule has 0 radical (unpaired) electrons. The van der Waals surface area contributed by atoms with Gasteiger partial charge in [0.1, 0.15) is 5.75 Å². The number of hydrogen-bond acceptors (Lipinski definition) is 5. The molecule has 1 amide bonds. The van der Waals surface area contributed by atoms with E-state index in [1.54, 1.807) is 31.2 Å². The maximum absolute atomic E-state index is 12.8. The van der Waals surface area contributed by atoms with Crippen molar-refractivity contribution in [2.75, 3.05) is 0 Å². The second kappa shape index (κ2) is 8.53. The molecule has 0 bridgehead atoms. The molecule has 1 aliphatic heterocycles. The number of carboxylic acids is 1. The fraction of sp³-hybridized carbons (Fsp3) is 0.100. The van der Waals surface area contributed by atoms with E-state index in [1.165, 1.54) is 30.5 Å². The number of aromatic carboxylic acids is 1. The number of phenols is 1. The number of thiocarbonyl (C=S) groups is 1. The molecule has 0 aromatic heterocycles. The number of amides is 1. The van der Waals surface area contributed by atoms with Gasteiger partial charge in [0.05, 0.1) is 23.4 Å². The van der Waals surface area contributed by atoms with Crippen LogP contribution in [-0.2, 0) is 4.79 Å². The van der Waals surface area contributed by atoms with E-state index in [1.807, 2.05) is 0 Å². The van der Waals surface area contributed by atoms with Crippen molar-refractivity contribution < 1.29 is 19.8 Å². The van der Waals surface area contributed by atoms with Gasteiger partial charge in [-0.15, -0.1) is 0 Å². The van der Waals surface area contributed by atoms with Crippen molar-refractivity contribution in [3.63, 3.8) is 0 Å². The monoisotopic (exact) mass is 410 g/mol. The van der Waals surface area contributed by atoms with Crippen LogP contribution in [0.15, 0.2) is 64.9 Å². The first kappa shape index (κ1) is 20.0. The molecule has 1 heterocycles. The third kappa shape index (κ3) is 4.77. The number of aromatic hydroxyl groups is 1. The third-order valence-corrected chi connectivity index (χ3v) is 4.50. The topological polar surface area (TPSA) is 123 Å². The molecule has 5 N–H and O–H groups in total. The Hall–Kier alpha value is -3.72. The number of hydrazone groups is 1. The molecule has 9 heteroatoms. The molecular weight excluding hydrogens is 392 g/mol. The lowest BCUT2D eigenvalue weighted by molar-refractivity contribution is -0.117. The van der Waals surface area contributed by atoms with Gasteiger partial charge in [-0.05, 0) is 66.7 Å². The fourth-order valence-electron chi connectivity index (χ4n) is 2.85. The zero-order valence-corrected chi connectivity index (χ0v) is 16.2. The highest BCUT2D eigenvalue weighted by Gasteiger charge is 2.29. The van der Waals surface area contributed by atoms with Gasteiger partial charge in [0.2, 0.25) is 0 Å². The number of allylic oxidation sites excluding steroid dienone is 1. The van der Waals surface area contributed by atoms with Crippen molar-refractivity contribution in [2.24, 2.45) is 5.10 Å². The molecule has 0 spiro atoms. The van der Waals surface area contributed by atoms with Crippen LogP contribution in [0.25, 0.3) is 0 Å². The molecule has 1 aliphatic rings. The van der Waals surface area contributed by atoms with Gasteiger partial charge in [-0.25, -0.2) is 10.2 Å². The van der Waals surface area contributed by atoms with Gasteiger partial charge < -0.3 is 20.8 Å². The average Bonchev–Trinajstić information content (AvgIpc) is 2.69. The molecule has 1 atom stereocenters. The molecule has 8 nitrogen and oxygen atoms in total. The van der Waals surface area contributed by atoms with E-state index < -0.39 is 17.9 Å². The summed E-state index contributed by atoms with van der Waals surface area (Å²) in [5, 5.41) is 28.6. The quantitative estimate of drug-likeness (QED) is 0.290. The summed E-state index contributed by atoms with van der Waals surface area (Å²) in [7, 11) is 0. The lowest BCUT2D eigenvalue weighted by Crippen LogP contribution is -2.46.